The number of fused-ring (bicyclic) bond motifs is 5. The van der Waals surface area contributed by atoms with Crippen molar-refractivity contribution in [3.63, 3.8) is 0 Å². The minimum absolute atomic E-state index is 0.426. The Hall–Kier alpha value is -3.23. The molecule has 2 fully saturated rings. The zero-order chi connectivity index (χ0) is 22.4. The highest BCUT2D eigenvalue weighted by molar-refractivity contribution is 5.78. The number of benzene rings is 1. The minimum Gasteiger partial charge on any atom is -0.480 e. The Morgan fingerprint density at radius 3 is 2.67 bits per heavy atom. The van der Waals surface area contributed by atoms with Crippen LogP contribution in [0.2, 0.25) is 0 Å². The molecule has 2 saturated heterocycles. The van der Waals surface area contributed by atoms with Crippen molar-refractivity contribution in [3.8, 4) is 34.0 Å². The number of hydrogen-bond acceptors (Lipinski definition) is 8. The van der Waals surface area contributed by atoms with Crippen molar-refractivity contribution in [2.24, 2.45) is 0 Å². The number of aromatic nitrogens is 3. The molecule has 0 unspecified atom stereocenters. The van der Waals surface area contributed by atoms with E-state index in [0.29, 0.717) is 36.5 Å². The van der Waals surface area contributed by atoms with Gasteiger partial charge in [0, 0.05) is 42.4 Å². The molecule has 33 heavy (non-hydrogen) atoms. The monoisotopic (exact) mass is 445 g/mol. The predicted molar refractivity (Wildman–Crippen MR) is 125 cm³/mol. The van der Waals surface area contributed by atoms with E-state index in [-0.39, 0.29) is 0 Å². The first-order valence-corrected chi connectivity index (χ1v) is 11.4. The Labute approximate surface area is 192 Å². The molecule has 8 nitrogen and oxygen atoms in total. The quantitative estimate of drug-likeness (QED) is 0.656. The molecule has 2 atom stereocenters. The zero-order valence-corrected chi connectivity index (χ0v) is 18.8. The fourth-order valence-electron chi connectivity index (χ4n) is 5.16. The first-order chi connectivity index (χ1) is 16.2. The van der Waals surface area contributed by atoms with Gasteiger partial charge in [0.25, 0.3) is 0 Å². The van der Waals surface area contributed by atoms with Crippen LogP contribution in [0.1, 0.15) is 18.4 Å². The third kappa shape index (κ3) is 3.79. The summed E-state index contributed by atoms with van der Waals surface area (Å²) in [7, 11) is 3.73. The molecule has 3 aliphatic heterocycles. The second kappa shape index (κ2) is 8.28. The van der Waals surface area contributed by atoms with Crippen LogP contribution in [0.3, 0.4) is 0 Å². The molecule has 0 spiro atoms. The number of nitrogens with one attached hydrogen (secondary N) is 1. The van der Waals surface area contributed by atoms with Crippen molar-refractivity contribution in [3.05, 3.63) is 48.2 Å². The fourth-order valence-corrected chi connectivity index (χ4v) is 5.16. The summed E-state index contributed by atoms with van der Waals surface area (Å²) in [6.45, 7) is 2.08. The molecule has 5 heterocycles. The largest absolute Gasteiger partial charge is 0.480 e. The number of hydrogen-bond donors (Lipinski definition) is 1. The lowest BCUT2D eigenvalue weighted by molar-refractivity contribution is 0.0183. The highest BCUT2D eigenvalue weighted by Gasteiger charge is 2.34. The molecule has 0 saturated carbocycles. The van der Waals surface area contributed by atoms with Crippen LogP contribution in [0.5, 0.6) is 11.8 Å². The number of pyridine rings is 1. The molecule has 0 aliphatic carbocycles. The van der Waals surface area contributed by atoms with Crippen molar-refractivity contribution in [1.82, 2.24) is 20.5 Å². The summed E-state index contributed by atoms with van der Waals surface area (Å²) in [5.74, 6) is 2.15. The predicted octanol–water partition coefficient (Wildman–Crippen LogP) is 3.06. The number of piperidine rings is 1. The van der Waals surface area contributed by atoms with Gasteiger partial charge in [-0.05, 0) is 47.7 Å². The molecule has 0 radical (unpaired) electrons. The maximum absolute atomic E-state index is 6.12. The third-order valence-electron chi connectivity index (χ3n) is 6.91. The van der Waals surface area contributed by atoms with Crippen molar-refractivity contribution < 1.29 is 14.2 Å². The highest BCUT2D eigenvalue weighted by atomic mass is 16.5. The van der Waals surface area contributed by atoms with Crippen LogP contribution in [0.4, 0.5) is 5.82 Å². The number of methoxy groups -OCH3 is 1. The second-order valence-corrected chi connectivity index (χ2v) is 9.00. The lowest BCUT2D eigenvalue weighted by Gasteiger charge is -2.43. The van der Waals surface area contributed by atoms with Gasteiger partial charge in [-0.3, -0.25) is 0 Å². The fraction of sp³-hybridized carbons (Fsp3) is 0.400. The summed E-state index contributed by atoms with van der Waals surface area (Å²) in [5, 5.41) is 11.6. The summed E-state index contributed by atoms with van der Waals surface area (Å²) in [4.78, 5) is 7.21. The van der Waals surface area contributed by atoms with Crippen molar-refractivity contribution in [1.29, 1.82) is 0 Å². The number of anilines is 1. The van der Waals surface area contributed by atoms with E-state index in [0.717, 1.165) is 59.7 Å². The minimum atomic E-state index is 0.426. The molecule has 3 aromatic rings. The van der Waals surface area contributed by atoms with Crippen molar-refractivity contribution in [2.45, 2.75) is 37.6 Å². The molecule has 3 aliphatic rings. The topological polar surface area (TPSA) is 81.6 Å². The lowest BCUT2D eigenvalue weighted by atomic mass is 9.91. The van der Waals surface area contributed by atoms with Gasteiger partial charge < -0.3 is 24.4 Å². The van der Waals surface area contributed by atoms with Crippen LogP contribution in [0.15, 0.2) is 42.6 Å². The average Bonchev–Trinajstić information content (AvgIpc) is 2.87. The lowest BCUT2D eigenvalue weighted by Crippen LogP contribution is -2.58. The summed E-state index contributed by atoms with van der Waals surface area (Å²) in [6, 6.07) is 13.8. The van der Waals surface area contributed by atoms with Gasteiger partial charge in [0.1, 0.15) is 12.4 Å². The van der Waals surface area contributed by atoms with Crippen LogP contribution in [-0.2, 0) is 11.3 Å². The molecular formula is C25H27N5O3. The maximum Gasteiger partial charge on any atom is 0.233 e. The Kier molecular flexibility index (Phi) is 5.11. The van der Waals surface area contributed by atoms with Gasteiger partial charge in [0.15, 0.2) is 0 Å². The molecule has 2 bridgehead atoms. The normalized spacial score (nSPS) is 23.2. The molecule has 170 valence electrons. The summed E-state index contributed by atoms with van der Waals surface area (Å²) < 4.78 is 17.0. The first kappa shape index (κ1) is 20.4. The molecule has 8 heteroatoms. The molecule has 2 aromatic heterocycles. The molecule has 1 aromatic carbocycles. The Bertz CT molecular complexity index is 1170. The van der Waals surface area contributed by atoms with E-state index in [1.165, 1.54) is 0 Å². The Morgan fingerprint density at radius 2 is 1.85 bits per heavy atom. The molecule has 6 rings (SSSR count). The standard InChI is InChI=1S/C25H27N5O3/c1-30(20-9-18-13-32-14-19(10-20)27-18)23-6-5-22-21-4-3-15(7-17(21)12-33-25(22)28-23)16-8-24(31-2)29-26-11-16/h3-8,11,18-20,27H,9-10,12-14H2,1-2H3/t18-,19-/m0/s1. The number of nitrogens with zero attached hydrogens (tertiary/aromatic N) is 4. The van der Waals surface area contributed by atoms with Crippen LogP contribution >= 0.6 is 0 Å². The maximum atomic E-state index is 6.12. The Balaban J connectivity index is 1.26. The average molecular weight is 446 g/mol. The van der Waals surface area contributed by atoms with Gasteiger partial charge in [-0.15, -0.1) is 5.10 Å². The molecular weight excluding hydrogens is 418 g/mol. The van der Waals surface area contributed by atoms with Crippen molar-refractivity contribution >= 4 is 5.82 Å². The van der Waals surface area contributed by atoms with Crippen LogP contribution < -0.4 is 19.7 Å². The second-order valence-electron chi connectivity index (χ2n) is 9.00. The number of morpholine rings is 1. The van der Waals surface area contributed by atoms with Gasteiger partial charge in [-0.1, -0.05) is 12.1 Å². The van der Waals surface area contributed by atoms with Crippen LogP contribution in [0.25, 0.3) is 22.3 Å². The van der Waals surface area contributed by atoms with E-state index in [4.69, 9.17) is 19.2 Å². The Morgan fingerprint density at radius 1 is 1.03 bits per heavy atom. The van der Waals surface area contributed by atoms with Gasteiger partial charge in [-0.25, -0.2) is 0 Å². The highest BCUT2D eigenvalue weighted by Crippen LogP contribution is 2.39. The smallest absolute Gasteiger partial charge is 0.233 e. The van der Waals surface area contributed by atoms with Crippen LogP contribution in [-0.4, -0.2) is 60.7 Å². The van der Waals surface area contributed by atoms with E-state index in [9.17, 15) is 0 Å². The first-order valence-electron chi connectivity index (χ1n) is 11.4. The molecule has 0 amide bonds. The van der Waals surface area contributed by atoms with E-state index in [1.54, 1.807) is 13.3 Å². The van der Waals surface area contributed by atoms with Gasteiger partial charge in [0.2, 0.25) is 11.8 Å². The summed E-state index contributed by atoms with van der Waals surface area (Å²) >= 11 is 0. The van der Waals surface area contributed by atoms with E-state index < -0.39 is 0 Å². The van der Waals surface area contributed by atoms with Crippen LogP contribution in [0, 0.1) is 0 Å². The van der Waals surface area contributed by atoms with Gasteiger partial charge in [-0.2, -0.15) is 10.1 Å². The SMILES string of the molecule is COc1cc(-c2ccc3c(c2)COc2nc(N(C)C4C[C@H]5COC[C@H](C4)N5)ccc2-3)cnn1. The van der Waals surface area contributed by atoms with Gasteiger partial charge in [0.05, 0.1) is 26.5 Å². The summed E-state index contributed by atoms with van der Waals surface area (Å²) in [5.41, 5.74) is 5.33. The van der Waals surface area contributed by atoms with E-state index >= 15 is 0 Å². The number of ether oxygens (including phenoxy) is 3. The van der Waals surface area contributed by atoms with Crippen molar-refractivity contribution in [2.75, 3.05) is 32.3 Å². The zero-order valence-electron chi connectivity index (χ0n) is 18.8. The van der Waals surface area contributed by atoms with E-state index in [2.05, 4.69) is 57.8 Å². The van der Waals surface area contributed by atoms with Gasteiger partial charge >= 0.3 is 0 Å². The summed E-state index contributed by atoms with van der Waals surface area (Å²) in [6.07, 6.45) is 3.87. The number of rotatable bonds is 4. The molecule has 1 N–H and O–H groups in total. The van der Waals surface area contributed by atoms with E-state index in [1.807, 2.05) is 6.07 Å². The third-order valence-corrected chi connectivity index (χ3v) is 6.91.